The first kappa shape index (κ1) is 17.8. The number of amides is 1. The van der Waals surface area contributed by atoms with E-state index in [0.29, 0.717) is 5.02 Å². The lowest BCUT2D eigenvalue weighted by Gasteiger charge is -2.27. The number of anilines is 1. The molecular weight excluding hydrogens is 367 g/mol. The van der Waals surface area contributed by atoms with E-state index in [4.69, 9.17) is 23.2 Å². The van der Waals surface area contributed by atoms with Gasteiger partial charge in [0, 0.05) is 28.2 Å². The largest absolute Gasteiger partial charge is 0.325 e. The molecule has 0 radical (unpaired) electrons. The highest BCUT2D eigenvalue weighted by Crippen LogP contribution is 2.39. The molecule has 2 aromatic carbocycles. The fourth-order valence-corrected chi connectivity index (χ4v) is 4.30. The summed E-state index contributed by atoms with van der Waals surface area (Å²) in [6.45, 7) is 1.95. The Labute approximate surface area is 164 Å². The summed E-state index contributed by atoms with van der Waals surface area (Å²) in [5.41, 5.74) is 1.88. The van der Waals surface area contributed by atoms with Crippen LogP contribution in [0.25, 0.3) is 0 Å². The summed E-state index contributed by atoms with van der Waals surface area (Å²) in [7, 11) is 0. The van der Waals surface area contributed by atoms with Crippen LogP contribution in [0.4, 0.5) is 5.69 Å². The van der Waals surface area contributed by atoms with Gasteiger partial charge in [-0.3, -0.25) is 9.69 Å². The predicted octanol–water partition coefficient (Wildman–Crippen LogP) is 5.20. The van der Waals surface area contributed by atoms with Crippen molar-refractivity contribution in [3.05, 3.63) is 64.1 Å². The van der Waals surface area contributed by atoms with Crippen molar-refractivity contribution < 1.29 is 4.79 Å². The summed E-state index contributed by atoms with van der Waals surface area (Å²) < 4.78 is 0. The molecule has 4 rings (SSSR count). The second-order valence-electron chi connectivity index (χ2n) is 7.33. The van der Waals surface area contributed by atoms with Crippen LogP contribution in [0.2, 0.25) is 10.0 Å². The molecule has 1 saturated carbocycles. The quantitative estimate of drug-likeness (QED) is 0.762. The molecule has 1 aliphatic heterocycles. The number of likely N-dealkylation sites (tertiary alicyclic amines) is 1. The van der Waals surface area contributed by atoms with Crippen molar-refractivity contribution >= 4 is 34.8 Å². The first-order chi connectivity index (χ1) is 12.6. The highest BCUT2D eigenvalue weighted by atomic mass is 35.5. The van der Waals surface area contributed by atoms with Crippen molar-refractivity contribution in [1.82, 2.24) is 4.90 Å². The molecule has 1 amide bonds. The predicted molar refractivity (Wildman–Crippen MR) is 107 cm³/mol. The zero-order valence-corrected chi connectivity index (χ0v) is 16.0. The Bertz CT molecular complexity index is 806. The Morgan fingerprint density at radius 3 is 2.46 bits per heavy atom. The molecule has 1 aliphatic carbocycles. The van der Waals surface area contributed by atoms with Gasteiger partial charge in [0.2, 0.25) is 5.91 Å². The van der Waals surface area contributed by atoms with Crippen LogP contribution in [0.1, 0.15) is 30.7 Å². The van der Waals surface area contributed by atoms with E-state index in [1.54, 1.807) is 12.1 Å². The molecular formula is C21H22Cl2N2O. The van der Waals surface area contributed by atoms with Gasteiger partial charge in [-0.05, 0) is 67.6 Å². The number of benzene rings is 2. The third-order valence-corrected chi connectivity index (χ3v) is 5.80. The van der Waals surface area contributed by atoms with Crippen LogP contribution in [0.5, 0.6) is 0 Å². The Hall–Kier alpha value is -1.55. The molecule has 2 aliphatic rings. The van der Waals surface area contributed by atoms with E-state index in [1.165, 1.54) is 12.8 Å². The van der Waals surface area contributed by atoms with E-state index < -0.39 is 0 Å². The van der Waals surface area contributed by atoms with Crippen LogP contribution in [0, 0.1) is 5.92 Å². The third kappa shape index (κ3) is 4.06. The number of rotatable bonds is 5. The fraction of sp³-hybridized carbons (Fsp3) is 0.381. The summed E-state index contributed by atoms with van der Waals surface area (Å²) in [5, 5.41) is 4.41. The van der Waals surface area contributed by atoms with Gasteiger partial charge < -0.3 is 5.32 Å². The van der Waals surface area contributed by atoms with E-state index in [-0.39, 0.29) is 17.9 Å². The van der Waals surface area contributed by atoms with Crippen molar-refractivity contribution in [3.8, 4) is 0 Å². The minimum atomic E-state index is -0.173. The lowest BCUT2D eigenvalue weighted by Crippen LogP contribution is -2.43. The Balaban J connectivity index is 1.58. The normalized spacial score (nSPS) is 23.2. The molecule has 2 atom stereocenters. The zero-order valence-electron chi connectivity index (χ0n) is 14.5. The lowest BCUT2D eigenvalue weighted by atomic mass is 9.91. The number of halogens is 2. The molecule has 0 aromatic heterocycles. The van der Waals surface area contributed by atoms with Crippen LogP contribution in [0.15, 0.2) is 48.5 Å². The average molecular weight is 389 g/mol. The van der Waals surface area contributed by atoms with Crippen LogP contribution in [0.3, 0.4) is 0 Å². The first-order valence-corrected chi connectivity index (χ1v) is 9.92. The smallest absolute Gasteiger partial charge is 0.242 e. The first-order valence-electron chi connectivity index (χ1n) is 9.16. The monoisotopic (exact) mass is 388 g/mol. The van der Waals surface area contributed by atoms with Gasteiger partial charge in [0.1, 0.15) is 0 Å². The number of carbonyl (C=O) groups excluding carboxylic acids is 1. The van der Waals surface area contributed by atoms with E-state index >= 15 is 0 Å². The molecule has 1 saturated heterocycles. The van der Waals surface area contributed by atoms with Crippen molar-refractivity contribution in [2.24, 2.45) is 5.92 Å². The summed E-state index contributed by atoms with van der Waals surface area (Å²) >= 11 is 12.3. The summed E-state index contributed by atoms with van der Waals surface area (Å²) in [6, 6.07) is 15.1. The van der Waals surface area contributed by atoms with Gasteiger partial charge in [0.05, 0.1) is 6.04 Å². The highest BCUT2D eigenvalue weighted by molar-refractivity contribution is 6.31. The molecule has 0 spiro atoms. The van der Waals surface area contributed by atoms with Crippen molar-refractivity contribution in [2.75, 3.05) is 18.4 Å². The fourth-order valence-electron chi connectivity index (χ4n) is 3.91. The summed E-state index contributed by atoms with van der Waals surface area (Å²) in [6.07, 6.45) is 3.53. The second kappa shape index (κ2) is 7.59. The third-order valence-electron chi connectivity index (χ3n) is 5.33. The number of nitrogens with zero attached hydrogens (tertiary/aromatic N) is 1. The molecule has 1 N–H and O–H groups in total. The van der Waals surface area contributed by atoms with Gasteiger partial charge in [0.25, 0.3) is 0 Å². The van der Waals surface area contributed by atoms with Gasteiger partial charge in [0.15, 0.2) is 0 Å². The van der Waals surface area contributed by atoms with E-state index in [9.17, 15) is 4.79 Å². The molecule has 3 nitrogen and oxygen atoms in total. The molecule has 136 valence electrons. The standard InChI is InChI=1S/C21H22Cl2N2O/c22-16-4-1-3-15(11-16)19-9-10-25(13-14-7-8-14)20(19)21(26)24-18-6-2-5-17(23)12-18/h1-6,11-12,14,19-20H,7-10,13H2,(H,24,26). The van der Waals surface area contributed by atoms with E-state index in [1.807, 2.05) is 30.3 Å². The highest BCUT2D eigenvalue weighted by Gasteiger charge is 2.42. The topological polar surface area (TPSA) is 32.3 Å². The minimum Gasteiger partial charge on any atom is -0.325 e. The molecule has 5 heteroatoms. The number of nitrogens with one attached hydrogen (secondary N) is 1. The van der Waals surface area contributed by atoms with Crippen LogP contribution in [-0.4, -0.2) is 29.9 Å². The SMILES string of the molecule is O=C(Nc1cccc(Cl)c1)C1C(c2cccc(Cl)c2)CCN1CC1CC1. The van der Waals surface area contributed by atoms with Gasteiger partial charge in [-0.25, -0.2) is 0 Å². The summed E-state index contributed by atoms with van der Waals surface area (Å²) in [4.78, 5) is 15.5. The lowest BCUT2D eigenvalue weighted by molar-refractivity contribution is -0.120. The molecule has 26 heavy (non-hydrogen) atoms. The number of hydrogen-bond acceptors (Lipinski definition) is 2. The van der Waals surface area contributed by atoms with Crippen molar-refractivity contribution in [3.63, 3.8) is 0 Å². The van der Waals surface area contributed by atoms with E-state index in [0.717, 1.165) is 41.7 Å². The van der Waals surface area contributed by atoms with Gasteiger partial charge >= 0.3 is 0 Å². The number of carbonyl (C=O) groups is 1. The van der Waals surface area contributed by atoms with Crippen LogP contribution >= 0.6 is 23.2 Å². The Morgan fingerprint density at radius 2 is 1.77 bits per heavy atom. The van der Waals surface area contributed by atoms with Gasteiger partial charge in [-0.15, -0.1) is 0 Å². The molecule has 2 aromatic rings. The molecule has 1 heterocycles. The van der Waals surface area contributed by atoms with Crippen LogP contribution < -0.4 is 5.32 Å². The molecule has 0 bridgehead atoms. The maximum Gasteiger partial charge on any atom is 0.242 e. The average Bonchev–Trinajstić information content (AvgIpc) is 3.31. The van der Waals surface area contributed by atoms with Gasteiger partial charge in [-0.2, -0.15) is 0 Å². The Morgan fingerprint density at radius 1 is 1.04 bits per heavy atom. The van der Waals surface area contributed by atoms with Crippen LogP contribution in [-0.2, 0) is 4.79 Å². The van der Waals surface area contributed by atoms with Crippen molar-refractivity contribution in [1.29, 1.82) is 0 Å². The zero-order chi connectivity index (χ0) is 18.1. The maximum atomic E-state index is 13.2. The van der Waals surface area contributed by atoms with E-state index in [2.05, 4.69) is 16.3 Å². The molecule has 2 fully saturated rings. The molecule has 2 unspecified atom stereocenters. The summed E-state index contributed by atoms with van der Waals surface area (Å²) in [5.74, 6) is 0.941. The Kier molecular flexibility index (Phi) is 5.21. The number of hydrogen-bond donors (Lipinski definition) is 1. The van der Waals surface area contributed by atoms with Gasteiger partial charge in [-0.1, -0.05) is 41.4 Å². The second-order valence-corrected chi connectivity index (χ2v) is 8.21. The minimum absolute atomic E-state index is 0.0374. The maximum absolute atomic E-state index is 13.2. The van der Waals surface area contributed by atoms with Crippen molar-refractivity contribution in [2.45, 2.75) is 31.2 Å².